The van der Waals surface area contributed by atoms with E-state index in [1.165, 1.54) is 0 Å². The summed E-state index contributed by atoms with van der Waals surface area (Å²) < 4.78 is 131. The third-order valence-electron chi connectivity index (χ3n) is 0. The molecule has 85 heteroatoms. The molecule has 0 radical (unpaired) electrons. The van der Waals surface area contributed by atoms with Crippen molar-refractivity contribution in [2.24, 2.45) is 0 Å². The van der Waals surface area contributed by atoms with Crippen LogP contribution in [0.25, 0.3) is 0 Å². The second kappa shape index (κ2) is 85.5. The van der Waals surface area contributed by atoms with Gasteiger partial charge in [-0.25, -0.2) is 36.5 Å². The number of hydrogen-bond acceptors (Lipinski definition) is 35. The van der Waals surface area contributed by atoms with Gasteiger partial charge in [-0.15, -0.1) is 0 Å². The molecular formula is H25Ca10O60P15. The largest absolute Gasteiger partial charge is 2.00 e. The van der Waals surface area contributed by atoms with E-state index in [2.05, 4.69) is 0 Å². The Hall–Kier alpha value is 14.2. The number of hydrogen-bond donors (Lipinski definition) is 25. The molecule has 0 bridgehead atoms. The first-order chi connectivity index (χ1) is 30.0. The van der Waals surface area contributed by atoms with E-state index in [-0.39, 0.29) is 377 Å². The van der Waals surface area contributed by atoms with Gasteiger partial charge in [0.2, 0.25) is 0 Å². The first-order valence-corrected chi connectivity index (χ1v) is 34.2. The summed E-state index contributed by atoms with van der Waals surface area (Å²) in [6.45, 7) is 0. The topological polar surface area (TPSA) is 1220 Å². The Morgan fingerprint density at radius 3 is 0.129 bits per heavy atom. The van der Waals surface area contributed by atoms with Crippen LogP contribution in [0.3, 0.4) is 0 Å². The van der Waals surface area contributed by atoms with E-state index in [0.29, 0.717) is 0 Å². The summed E-state index contributed by atoms with van der Waals surface area (Å²) in [5, 5.41) is 0. The van der Waals surface area contributed by atoms with Gasteiger partial charge < -0.3 is 252 Å². The molecule has 0 spiro atoms. The molecule has 0 saturated heterocycles. The van der Waals surface area contributed by atoms with E-state index in [9.17, 15) is 0 Å². The molecule has 0 aromatic rings. The maximum absolute atomic E-state index is 8.88. The van der Waals surface area contributed by atoms with E-state index in [1.807, 2.05) is 0 Å². The number of phosphoric acid groups is 15. The van der Waals surface area contributed by atoms with Crippen LogP contribution < -0.4 is 97.9 Å². The second-order valence-electron chi connectivity index (χ2n) is 7.26. The molecule has 0 atom stereocenters. The van der Waals surface area contributed by atoms with E-state index in [1.54, 1.807) is 0 Å². The molecule has 0 fully saturated rings. The molecule has 0 saturated carbocycles. The van der Waals surface area contributed by atoms with Crippen molar-refractivity contribution in [1.29, 1.82) is 0 Å². The molecule has 0 rings (SSSR count). The van der Waals surface area contributed by atoms with E-state index in [4.69, 9.17) is 289 Å². The maximum atomic E-state index is 8.88. The zero-order valence-electron chi connectivity index (χ0n) is 39.2. The second-order valence-corrected chi connectivity index (χ2v) is 21.8. The first kappa shape index (κ1) is 174. The summed E-state index contributed by atoms with van der Waals surface area (Å²) in [5.41, 5.74) is 0. The van der Waals surface area contributed by atoms with Crippen LogP contribution in [0.1, 0.15) is 0 Å². The van der Waals surface area contributed by atoms with E-state index < -0.39 is 117 Å². The standard InChI is InChI=1S/10Ca.15H3O4P/c;;;;;;;;;;15*1-5(2,3)4/h;;;;;;;;;;15*(H3,1,2,3,4)/q10*+2;;;;;;;;;;;;;;;/p-20. The average molecular weight is 1850 g/mol. The quantitative estimate of drug-likeness (QED) is 0.0791. The molecule has 0 unspecified atom stereocenters. The molecule has 0 amide bonds. The molecule has 85 heavy (non-hydrogen) atoms. The van der Waals surface area contributed by atoms with Gasteiger partial charge in [0.25, 0.3) is 0 Å². The molecule has 0 aliphatic carbocycles. The predicted molar refractivity (Wildman–Crippen MR) is 227 cm³/mol. The molecule has 0 aromatic carbocycles. The Morgan fingerprint density at radius 1 is 0.129 bits per heavy atom. The number of rotatable bonds is 0. The Bertz CT molecular complexity index is 1380. The monoisotopic (exact) mass is 1850 g/mol. The fourth-order valence-electron chi connectivity index (χ4n) is 0. The summed E-state index contributed by atoms with van der Waals surface area (Å²) in [6.07, 6.45) is 0. The van der Waals surface area contributed by atoms with Crippen LogP contribution in [0.2, 0.25) is 0 Å². The summed E-state index contributed by atoms with van der Waals surface area (Å²) in [7, 11) is -74.6. The van der Waals surface area contributed by atoms with Crippen molar-refractivity contribution < 1.29 is 289 Å². The molecule has 60 nitrogen and oxygen atoms in total. The molecule has 0 aliphatic heterocycles. The van der Waals surface area contributed by atoms with Crippen LogP contribution in [-0.4, -0.2) is 500 Å². The third-order valence-corrected chi connectivity index (χ3v) is 0. The Labute approximate surface area is 767 Å². The van der Waals surface area contributed by atoms with Crippen molar-refractivity contribution >= 4 is 495 Å². The summed E-state index contributed by atoms with van der Waals surface area (Å²) in [5.74, 6) is 0. The van der Waals surface area contributed by atoms with E-state index >= 15 is 0 Å². The average Bonchev–Trinajstić information content (AvgIpc) is 2.65. The van der Waals surface area contributed by atoms with Crippen LogP contribution in [-0.2, 0) is 68.5 Å². The SMILES string of the molecule is O=P(O)(O)O.O=P(O)(O)O.O=P(O)(O)O.O=P(O)(O)O.O=P(O)(O)O.O=P(O)(O)O.O=P(O)(O)O.O=P(O)(O)O.O=P([O-])([O-])O.O=P([O-])([O-])[O-].O=P([O-])([O-])[O-].O=P([O-])([O-])[O-].O=P([O-])([O-])[O-].O=P([O-])([O-])[O-].O=P([O-])([O-])[O-].[Ca+2].[Ca+2].[Ca+2].[Ca+2].[Ca+2].[Ca+2].[Ca+2].[Ca+2].[Ca+2].[Ca+2]. The van der Waals surface area contributed by atoms with Crippen molar-refractivity contribution in [3.8, 4) is 0 Å². The minimum Gasteiger partial charge on any atom is -0.822 e. The summed E-state index contributed by atoms with van der Waals surface area (Å²) in [4.78, 5) is 351. The molecule has 0 aliphatic rings. The minimum absolute atomic E-state index is 0. The van der Waals surface area contributed by atoms with Gasteiger partial charge in [0.15, 0.2) is 0 Å². The molecule has 0 aromatic heterocycles. The van der Waals surface area contributed by atoms with Gasteiger partial charge in [-0.3, -0.25) is 0 Å². The normalized spacial score (nSPS) is 10.4. The summed E-state index contributed by atoms with van der Waals surface area (Å²) in [6, 6.07) is 0. The van der Waals surface area contributed by atoms with Gasteiger partial charge in [0, 0.05) is 0 Å². The van der Waals surface area contributed by atoms with Crippen molar-refractivity contribution in [2.45, 2.75) is 0 Å². The minimum atomic E-state index is -5.39. The summed E-state index contributed by atoms with van der Waals surface area (Å²) >= 11 is 0. The van der Waals surface area contributed by atoms with Crippen LogP contribution >= 0.6 is 117 Å². The van der Waals surface area contributed by atoms with Gasteiger partial charge in [-0.1, -0.05) is 0 Å². The first-order valence-electron chi connectivity index (χ1n) is 11.4. The molecule has 0 heterocycles. The fourth-order valence-corrected chi connectivity index (χ4v) is 0. The fraction of sp³-hybridized carbons (Fsp3) is 0. The van der Waals surface area contributed by atoms with Crippen LogP contribution in [0.15, 0.2) is 0 Å². The van der Waals surface area contributed by atoms with Gasteiger partial charge in [-0.05, 0) is 0 Å². The molecule has 480 valence electrons. The van der Waals surface area contributed by atoms with Crippen LogP contribution in [0.4, 0.5) is 0 Å². The zero-order valence-corrected chi connectivity index (χ0v) is 74.7. The van der Waals surface area contributed by atoms with Crippen molar-refractivity contribution in [2.75, 3.05) is 0 Å². The van der Waals surface area contributed by atoms with Crippen molar-refractivity contribution in [1.82, 2.24) is 0 Å². The van der Waals surface area contributed by atoms with Gasteiger partial charge in [0.1, 0.15) is 0 Å². The van der Waals surface area contributed by atoms with Gasteiger partial charge in [0.05, 0.1) is 7.82 Å². The van der Waals surface area contributed by atoms with Gasteiger partial charge >= 0.3 is 440 Å². The third kappa shape index (κ3) is 4480. The van der Waals surface area contributed by atoms with Crippen molar-refractivity contribution in [3.05, 3.63) is 0 Å². The van der Waals surface area contributed by atoms with Crippen molar-refractivity contribution in [3.63, 3.8) is 0 Å². The molecular weight excluding hydrogens is 1830 g/mol. The van der Waals surface area contributed by atoms with Crippen LogP contribution in [0, 0.1) is 0 Å². The predicted octanol–water partition coefficient (Wildman–Crippen LogP) is -30.4. The Balaban J connectivity index is -0.0000000196. The van der Waals surface area contributed by atoms with Crippen LogP contribution in [0.5, 0.6) is 0 Å². The van der Waals surface area contributed by atoms with Gasteiger partial charge in [-0.2, -0.15) is 46.9 Å². The smallest absolute Gasteiger partial charge is 0.822 e. The maximum Gasteiger partial charge on any atom is 2.00 e. The molecule has 25 N–H and O–H groups in total. The zero-order chi connectivity index (χ0) is 67.5. The van der Waals surface area contributed by atoms with E-state index in [0.717, 1.165) is 0 Å². The Morgan fingerprint density at radius 2 is 0.129 bits per heavy atom. The Kier molecular flexibility index (Phi) is 175.